The Morgan fingerprint density at radius 3 is 2.63 bits per heavy atom. The molecule has 160 valence electrons. The SMILES string of the molecule is CN=C(NCc1ccc(-n2ccnc2)nc1)NCc1cc(C)ccc1OC(F)F.I. The van der Waals surface area contributed by atoms with Crippen LogP contribution in [0.25, 0.3) is 5.82 Å². The van der Waals surface area contributed by atoms with Crippen molar-refractivity contribution in [2.24, 2.45) is 4.99 Å². The first-order valence-corrected chi connectivity index (χ1v) is 8.97. The number of ether oxygens (including phenoxy) is 1. The van der Waals surface area contributed by atoms with Crippen LogP contribution in [0.15, 0.2) is 60.2 Å². The molecular weight excluding hydrogens is 505 g/mol. The highest BCUT2D eigenvalue weighted by Crippen LogP contribution is 2.22. The summed E-state index contributed by atoms with van der Waals surface area (Å²) in [6, 6.07) is 8.93. The van der Waals surface area contributed by atoms with E-state index in [4.69, 9.17) is 0 Å². The largest absolute Gasteiger partial charge is 0.434 e. The second kappa shape index (κ2) is 11.4. The number of alkyl halides is 2. The Morgan fingerprint density at radius 1 is 1.20 bits per heavy atom. The maximum Gasteiger partial charge on any atom is 0.387 e. The van der Waals surface area contributed by atoms with E-state index in [1.165, 1.54) is 0 Å². The molecule has 0 bridgehead atoms. The fourth-order valence-electron chi connectivity index (χ4n) is 2.71. The number of nitrogens with zero attached hydrogens (tertiary/aromatic N) is 4. The molecule has 0 fully saturated rings. The van der Waals surface area contributed by atoms with E-state index >= 15 is 0 Å². The first-order valence-electron chi connectivity index (χ1n) is 8.97. The molecule has 3 rings (SSSR count). The molecule has 0 amide bonds. The standard InChI is InChI=1S/C20H22F2N6O.HI/c1-14-3-5-17(29-19(21)22)16(9-14)12-27-20(23-2)26-11-15-4-6-18(25-10-15)28-8-7-24-13-28;/h3-10,13,19H,11-12H2,1-2H3,(H2,23,26,27);1H. The van der Waals surface area contributed by atoms with Crippen LogP contribution < -0.4 is 15.4 Å². The maximum absolute atomic E-state index is 12.6. The summed E-state index contributed by atoms with van der Waals surface area (Å²) in [5.41, 5.74) is 2.55. The Morgan fingerprint density at radius 2 is 2.00 bits per heavy atom. The summed E-state index contributed by atoms with van der Waals surface area (Å²) >= 11 is 0. The van der Waals surface area contributed by atoms with E-state index in [1.54, 1.807) is 44.0 Å². The van der Waals surface area contributed by atoms with Crippen molar-refractivity contribution in [2.75, 3.05) is 7.05 Å². The minimum Gasteiger partial charge on any atom is -0.434 e. The van der Waals surface area contributed by atoms with Crippen molar-refractivity contribution in [3.05, 3.63) is 71.9 Å². The predicted molar refractivity (Wildman–Crippen MR) is 122 cm³/mol. The molecule has 0 radical (unpaired) electrons. The molecule has 0 aliphatic carbocycles. The summed E-state index contributed by atoms with van der Waals surface area (Å²) in [4.78, 5) is 12.6. The normalized spacial score (nSPS) is 11.2. The van der Waals surface area contributed by atoms with Crippen LogP contribution in [0, 0.1) is 6.92 Å². The lowest BCUT2D eigenvalue weighted by Gasteiger charge is -2.15. The minimum absolute atomic E-state index is 0. The van der Waals surface area contributed by atoms with Gasteiger partial charge in [-0.15, -0.1) is 24.0 Å². The lowest BCUT2D eigenvalue weighted by atomic mass is 10.1. The topological polar surface area (TPSA) is 76.4 Å². The van der Waals surface area contributed by atoms with Gasteiger partial charge in [0, 0.05) is 44.3 Å². The quantitative estimate of drug-likeness (QED) is 0.278. The number of rotatable bonds is 7. The lowest BCUT2D eigenvalue weighted by molar-refractivity contribution is -0.0504. The second-order valence-corrected chi connectivity index (χ2v) is 6.26. The number of benzene rings is 1. The number of aryl methyl sites for hydroxylation is 1. The molecule has 10 heteroatoms. The molecule has 2 N–H and O–H groups in total. The Hall–Kier alpha value is -2.76. The van der Waals surface area contributed by atoms with Crippen molar-refractivity contribution in [3.8, 4) is 11.6 Å². The third-order valence-corrected chi connectivity index (χ3v) is 4.14. The maximum atomic E-state index is 12.6. The highest BCUT2D eigenvalue weighted by Gasteiger charge is 2.10. The Bertz CT molecular complexity index is 948. The molecule has 7 nitrogen and oxygen atoms in total. The van der Waals surface area contributed by atoms with E-state index in [-0.39, 0.29) is 29.7 Å². The number of aromatic nitrogens is 3. The highest BCUT2D eigenvalue weighted by molar-refractivity contribution is 14.0. The third-order valence-electron chi connectivity index (χ3n) is 4.14. The van der Waals surface area contributed by atoms with Crippen LogP contribution in [-0.4, -0.2) is 34.2 Å². The summed E-state index contributed by atoms with van der Waals surface area (Å²) in [7, 11) is 1.64. The number of nitrogens with one attached hydrogen (secondary N) is 2. The zero-order valence-corrected chi connectivity index (χ0v) is 18.9. The molecule has 0 spiro atoms. The first-order chi connectivity index (χ1) is 14.0. The molecule has 30 heavy (non-hydrogen) atoms. The molecule has 0 aliphatic rings. The van der Waals surface area contributed by atoms with Gasteiger partial charge in [0.05, 0.1) is 0 Å². The fourth-order valence-corrected chi connectivity index (χ4v) is 2.71. The molecule has 0 atom stereocenters. The van der Waals surface area contributed by atoms with Crippen molar-refractivity contribution < 1.29 is 13.5 Å². The summed E-state index contributed by atoms with van der Waals surface area (Å²) in [5.74, 6) is 1.46. The van der Waals surface area contributed by atoms with E-state index in [1.807, 2.05) is 29.8 Å². The lowest BCUT2D eigenvalue weighted by Crippen LogP contribution is -2.36. The molecule has 3 aromatic rings. The zero-order valence-electron chi connectivity index (χ0n) is 16.5. The number of halogens is 3. The minimum atomic E-state index is -2.87. The van der Waals surface area contributed by atoms with Crippen molar-refractivity contribution in [2.45, 2.75) is 26.6 Å². The van der Waals surface area contributed by atoms with Gasteiger partial charge >= 0.3 is 6.61 Å². The average molecular weight is 528 g/mol. The van der Waals surface area contributed by atoms with Crippen LogP contribution in [0.3, 0.4) is 0 Å². The number of aliphatic imine (C=N–C) groups is 1. The van der Waals surface area contributed by atoms with Gasteiger partial charge in [-0.05, 0) is 24.6 Å². The zero-order chi connectivity index (χ0) is 20.6. The van der Waals surface area contributed by atoms with E-state index in [9.17, 15) is 8.78 Å². The summed E-state index contributed by atoms with van der Waals surface area (Å²) in [6.45, 7) is -0.179. The average Bonchev–Trinajstić information content (AvgIpc) is 3.25. The molecule has 0 unspecified atom stereocenters. The van der Waals surface area contributed by atoms with Gasteiger partial charge in [0.15, 0.2) is 5.96 Å². The van der Waals surface area contributed by atoms with Gasteiger partial charge in [-0.3, -0.25) is 9.56 Å². The van der Waals surface area contributed by atoms with Gasteiger partial charge in [0.25, 0.3) is 0 Å². The van der Waals surface area contributed by atoms with Gasteiger partial charge in [-0.25, -0.2) is 9.97 Å². The van der Waals surface area contributed by atoms with Gasteiger partial charge in [0.2, 0.25) is 0 Å². The van der Waals surface area contributed by atoms with E-state index in [2.05, 4.69) is 30.3 Å². The van der Waals surface area contributed by atoms with Crippen molar-refractivity contribution in [3.63, 3.8) is 0 Å². The first kappa shape index (κ1) is 23.5. The van der Waals surface area contributed by atoms with E-state index < -0.39 is 6.61 Å². The van der Waals surface area contributed by atoms with Gasteiger partial charge < -0.3 is 15.4 Å². The molecule has 1 aromatic carbocycles. The molecule has 0 saturated heterocycles. The van der Waals surface area contributed by atoms with Crippen molar-refractivity contribution in [1.82, 2.24) is 25.2 Å². The third kappa shape index (κ3) is 6.65. The summed E-state index contributed by atoms with van der Waals surface area (Å²) in [5, 5.41) is 6.29. The van der Waals surface area contributed by atoms with Crippen molar-refractivity contribution >= 4 is 29.9 Å². The Kier molecular flexibility index (Phi) is 8.96. The molecule has 0 aliphatic heterocycles. The second-order valence-electron chi connectivity index (χ2n) is 6.26. The molecular formula is C20H23F2IN6O. The van der Waals surface area contributed by atoms with Crippen LogP contribution in [-0.2, 0) is 13.1 Å². The Labute approximate surface area is 190 Å². The van der Waals surface area contributed by atoms with E-state index in [0.29, 0.717) is 24.6 Å². The van der Waals surface area contributed by atoms with Gasteiger partial charge in [-0.2, -0.15) is 8.78 Å². The number of pyridine rings is 1. The van der Waals surface area contributed by atoms with Crippen LogP contribution in [0.4, 0.5) is 8.78 Å². The fraction of sp³-hybridized carbons (Fsp3) is 0.250. The monoisotopic (exact) mass is 528 g/mol. The van der Waals surface area contributed by atoms with Crippen molar-refractivity contribution in [1.29, 1.82) is 0 Å². The summed E-state index contributed by atoms with van der Waals surface area (Å²) < 4.78 is 31.6. The van der Waals surface area contributed by atoms with Crippen LogP contribution >= 0.6 is 24.0 Å². The molecule has 0 saturated carbocycles. The Balaban J connectivity index is 0.00000320. The predicted octanol–water partition coefficient (Wildman–Crippen LogP) is 3.66. The number of hydrogen-bond donors (Lipinski definition) is 2. The van der Waals surface area contributed by atoms with Crippen LogP contribution in [0.2, 0.25) is 0 Å². The molecule has 2 heterocycles. The number of imidazole rings is 1. The van der Waals surface area contributed by atoms with Gasteiger partial charge in [0.1, 0.15) is 17.9 Å². The summed E-state index contributed by atoms with van der Waals surface area (Å²) in [6.07, 6.45) is 6.97. The number of hydrogen-bond acceptors (Lipinski definition) is 4. The highest BCUT2D eigenvalue weighted by atomic mass is 127. The van der Waals surface area contributed by atoms with Crippen LogP contribution in [0.1, 0.15) is 16.7 Å². The van der Waals surface area contributed by atoms with Gasteiger partial charge in [-0.1, -0.05) is 23.8 Å². The molecule has 2 aromatic heterocycles. The van der Waals surface area contributed by atoms with Crippen LogP contribution in [0.5, 0.6) is 5.75 Å². The van der Waals surface area contributed by atoms with E-state index in [0.717, 1.165) is 16.9 Å². The number of guanidine groups is 1. The smallest absolute Gasteiger partial charge is 0.387 e.